The number of aryl methyl sites for hydroxylation is 2. The number of aliphatic carboxylic acids is 1. The van der Waals surface area contributed by atoms with Crippen LogP contribution in [0.3, 0.4) is 0 Å². The first-order valence-corrected chi connectivity index (χ1v) is 10.8. The highest BCUT2D eigenvalue weighted by Crippen LogP contribution is 2.25. The Hall–Kier alpha value is -3.39. The maximum atomic E-state index is 13.4. The Kier molecular flexibility index (Phi) is 5.90. The molecule has 0 aliphatic carbocycles. The molecule has 2 aromatic carbocycles. The van der Waals surface area contributed by atoms with Gasteiger partial charge in [0.1, 0.15) is 11.6 Å². The minimum absolute atomic E-state index is 0.0572. The fourth-order valence-corrected chi connectivity index (χ4v) is 4.09. The maximum absolute atomic E-state index is 13.4. The predicted octanol–water partition coefficient (Wildman–Crippen LogP) is 4.75. The van der Waals surface area contributed by atoms with Crippen molar-refractivity contribution in [1.82, 2.24) is 14.5 Å². The molecule has 0 saturated heterocycles. The van der Waals surface area contributed by atoms with Gasteiger partial charge in [-0.15, -0.1) is 11.3 Å². The number of thiazole rings is 1. The zero-order valence-electron chi connectivity index (χ0n) is 16.8. The number of unbranched alkanes of at least 4 members (excludes halogenated alkanes) is 1. The lowest BCUT2D eigenvalue weighted by Gasteiger charge is -2.14. The van der Waals surface area contributed by atoms with Crippen LogP contribution in [-0.4, -0.2) is 25.6 Å². The fourth-order valence-electron chi connectivity index (χ4n) is 3.47. The third-order valence-corrected chi connectivity index (χ3v) is 5.75. The highest BCUT2D eigenvalue weighted by atomic mass is 32.1. The first kappa shape index (κ1) is 20.9. The molecule has 0 bridgehead atoms. The second-order valence-corrected chi connectivity index (χ2v) is 8.29. The number of nitrogens with zero attached hydrogens (tertiary/aromatic N) is 3. The van der Waals surface area contributed by atoms with Gasteiger partial charge in [-0.05, 0) is 56.2 Å². The van der Waals surface area contributed by atoms with E-state index in [1.807, 2.05) is 24.4 Å². The standard InChI is InChI=1S/C23H20FN3O3S/c1-14-25-20(13-31-14)15-6-11-18-19(12-15)26-21(4-2-3-5-22(28)29)27(23(18)30)17-9-7-16(24)8-10-17/h6-13H,2-5H2,1H3,(H,28,29). The van der Waals surface area contributed by atoms with E-state index in [0.29, 0.717) is 41.7 Å². The zero-order chi connectivity index (χ0) is 22.0. The second-order valence-electron chi connectivity index (χ2n) is 7.23. The number of aromatic nitrogens is 3. The third-order valence-electron chi connectivity index (χ3n) is 4.98. The number of halogens is 1. The molecule has 2 heterocycles. The van der Waals surface area contributed by atoms with E-state index in [9.17, 15) is 14.0 Å². The quantitative estimate of drug-likeness (QED) is 0.422. The average molecular weight is 437 g/mol. The van der Waals surface area contributed by atoms with Crippen molar-refractivity contribution in [3.63, 3.8) is 0 Å². The summed E-state index contributed by atoms with van der Waals surface area (Å²) in [5.41, 5.74) is 2.54. The highest BCUT2D eigenvalue weighted by Gasteiger charge is 2.14. The number of rotatable bonds is 7. The topological polar surface area (TPSA) is 85.1 Å². The van der Waals surface area contributed by atoms with Crippen LogP contribution in [-0.2, 0) is 11.2 Å². The van der Waals surface area contributed by atoms with Gasteiger partial charge < -0.3 is 5.11 Å². The lowest BCUT2D eigenvalue weighted by Crippen LogP contribution is -2.24. The van der Waals surface area contributed by atoms with Gasteiger partial charge >= 0.3 is 5.97 Å². The van der Waals surface area contributed by atoms with Crippen molar-refractivity contribution in [3.8, 4) is 16.9 Å². The largest absolute Gasteiger partial charge is 0.481 e. The van der Waals surface area contributed by atoms with Crippen molar-refractivity contribution in [3.05, 3.63) is 74.8 Å². The van der Waals surface area contributed by atoms with Crippen molar-refractivity contribution >= 4 is 28.2 Å². The van der Waals surface area contributed by atoms with E-state index in [0.717, 1.165) is 16.3 Å². The fraction of sp³-hybridized carbons (Fsp3) is 0.217. The Balaban J connectivity index is 1.82. The van der Waals surface area contributed by atoms with Crippen LogP contribution in [0.25, 0.3) is 27.8 Å². The zero-order valence-corrected chi connectivity index (χ0v) is 17.7. The van der Waals surface area contributed by atoms with Crippen molar-refractivity contribution in [1.29, 1.82) is 0 Å². The lowest BCUT2D eigenvalue weighted by molar-refractivity contribution is -0.137. The number of carbonyl (C=O) groups is 1. The number of hydrogen-bond donors (Lipinski definition) is 1. The van der Waals surface area contributed by atoms with E-state index in [1.165, 1.54) is 28.8 Å². The van der Waals surface area contributed by atoms with Gasteiger partial charge in [-0.1, -0.05) is 6.07 Å². The first-order valence-electron chi connectivity index (χ1n) is 9.88. The molecule has 0 radical (unpaired) electrons. The summed E-state index contributed by atoms with van der Waals surface area (Å²) in [6, 6.07) is 11.1. The van der Waals surface area contributed by atoms with Crippen LogP contribution < -0.4 is 5.56 Å². The summed E-state index contributed by atoms with van der Waals surface area (Å²) in [7, 11) is 0. The number of benzene rings is 2. The molecular formula is C23H20FN3O3S. The summed E-state index contributed by atoms with van der Waals surface area (Å²) in [6.07, 6.45) is 1.53. The molecule has 8 heteroatoms. The van der Waals surface area contributed by atoms with Crippen LogP contribution in [0.2, 0.25) is 0 Å². The first-order chi connectivity index (χ1) is 14.9. The van der Waals surface area contributed by atoms with E-state index in [1.54, 1.807) is 17.4 Å². The maximum Gasteiger partial charge on any atom is 0.303 e. The second kappa shape index (κ2) is 8.77. The summed E-state index contributed by atoms with van der Waals surface area (Å²) >= 11 is 1.55. The summed E-state index contributed by atoms with van der Waals surface area (Å²) in [5.74, 6) is -0.733. The Morgan fingerprint density at radius 2 is 1.90 bits per heavy atom. The van der Waals surface area contributed by atoms with Gasteiger partial charge in [-0.2, -0.15) is 0 Å². The van der Waals surface area contributed by atoms with Gasteiger partial charge in [0.2, 0.25) is 0 Å². The minimum atomic E-state index is -0.856. The minimum Gasteiger partial charge on any atom is -0.481 e. The van der Waals surface area contributed by atoms with E-state index in [2.05, 4.69) is 4.98 Å². The summed E-state index contributed by atoms with van der Waals surface area (Å²) in [4.78, 5) is 33.4. The van der Waals surface area contributed by atoms with Crippen LogP contribution in [0.4, 0.5) is 4.39 Å². The summed E-state index contributed by atoms with van der Waals surface area (Å²) < 4.78 is 14.9. The summed E-state index contributed by atoms with van der Waals surface area (Å²) in [6.45, 7) is 1.93. The molecule has 158 valence electrons. The van der Waals surface area contributed by atoms with Gasteiger partial charge in [0.25, 0.3) is 5.56 Å². The third kappa shape index (κ3) is 4.54. The molecule has 4 aromatic rings. The van der Waals surface area contributed by atoms with Crippen molar-refractivity contribution in [2.45, 2.75) is 32.6 Å². The smallest absolute Gasteiger partial charge is 0.303 e. The molecule has 0 aliphatic rings. The Labute approximate surface area is 181 Å². The van der Waals surface area contributed by atoms with E-state index in [4.69, 9.17) is 10.1 Å². The molecule has 2 aromatic heterocycles. The molecular weight excluding hydrogens is 417 g/mol. The molecule has 1 N–H and O–H groups in total. The molecule has 0 aliphatic heterocycles. The predicted molar refractivity (Wildman–Crippen MR) is 118 cm³/mol. The van der Waals surface area contributed by atoms with Crippen molar-refractivity contribution < 1.29 is 14.3 Å². The SMILES string of the molecule is Cc1nc(-c2ccc3c(=O)n(-c4ccc(F)cc4)c(CCCCC(=O)O)nc3c2)cs1. The molecule has 6 nitrogen and oxygen atoms in total. The Morgan fingerprint density at radius 1 is 1.13 bits per heavy atom. The van der Waals surface area contributed by atoms with Crippen LogP contribution in [0.1, 0.15) is 30.1 Å². The van der Waals surface area contributed by atoms with Gasteiger partial charge in [-0.3, -0.25) is 14.2 Å². The van der Waals surface area contributed by atoms with Crippen LogP contribution in [0.5, 0.6) is 0 Å². The Bertz CT molecular complexity index is 1310. The number of fused-ring (bicyclic) bond motifs is 1. The molecule has 0 saturated carbocycles. The average Bonchev–Trinajstić information content (AvgIpc) is 3.18. The number of carboxylic acids is 1. The molecule has 0 amide bonds. The van der Waals surface area contributed by atoms with Crippen molar-refractivity contribution in [2.75, 3.05) is 0 Å². The van der Waals surface area contributed by atoms with Gasteiger partial charge in [0.05, 0.1) is 27.3 Å². The normalized spacial score (nSPS) is 11.2. The number of carboxylic acid groups (broad SMARTS) is 1. The van der Waals surface area contributed by atoms with Crippen LogP contribution in [0.15, 0.2) is 52.6 Å². The molecule has 31 heavy (non-hydrogen) atoms. The monoisotopic (exact) mass is 437 g/mol. The lowest BCUT2D eigenvalue weighted by atomic mass is 10.1. The molecule has 0 fully saturated rings. The summed E-state index contributed by atoms with van der Waals surface area (Å²) in [5, 5.41) is 12.3. The molecule has 0 unspecified atom stereocenters. The van der Waals surface area contributed by atoms with Crippen LogP contribution in [0, 0.1) is 12.7 Å². The van der Waals surface area contributed by atoms with Gasteiger partial charge in [-0.25, -0.2) is 14.4 Å². The highest BCUT2D eigenvalue weighted by molar-refractivity contribution is 7.09. The van der Waals surface area contributed by atoms with Crippen LogP contribution >= 0.6 is 11.3 Å². The molecule has 0 spiro atoms. The van der Waals surface area contributed by atoms with E-state index in [-0.39, 0.29) is 12.0 Å². The van der Waals surface area contributed by atoms with E-state index >= 15 is 0 Å². The number of hydrogen-bond acceptors (Lipinski definition) is 5. The molecule has 0 atom stereocenters. The molecule has 4 rings (SSSR count). The van der Waals surface area contributed by atoms with Gasteiger partial charge in [0, 0.05) is 23.8 Å². The van der Waals surface area contributed by atoms with E-state index < -0.39 is 11.8 Å². The Morgan fingerprint density at radius 3 is 2.58 bits per heavy atom. The van der Waals surface area contributed by atoms with Gasteiger partial charge in [0.15, 0.2) is 0 Å². The van der Waals surface area contributed by atoms with Crippen molar-refractivity contribution in [2.24, 2.45) is 0 Å².